The highest BCUT2D eigenvalue weighted by atomic mass is 35.5. The van der Waals surface area contributed by atoms with Crippen LogP contribution in [0.1, 0.15) is 5.56 Å². The number of halogens is 1. The molecule has 0 bridgehead atoms. The fraction of sp³-hybridized carbons (Fsp3) is 0.300. The summed E-state index contributed by atoms with van der Waals surface area (Å²) in [5, 5.41) is 10.6. The van der Waals surface area contributed by atoms with Crippen LogP contribution < -0.4 is 11.1 Å². The van der Waals surface area contributed by atoms with Crippen LogP contribution >= 0.6 is 12.4 Å². The third kappa shape index (κ3) is 5.93. The van der Waals surface area contributed by atoms with Gasteiger partial charge >= 0.3 is 6.09 Å². The molecule has 1 atom stereocenters. The second kappa shape index (κ2) is 7.09. The van der Waals surface area contributed by atoms with Crippen LogP contribution in [0, 0.1) is 0 Å². The van der Waals surface area contributed by atoms with Crippen LogP contribution in [0.5, 0.6) is 0 Å². The van der Waals surface area contributed by atoms with Crippen LogP contribution in [0.15, 0.2) is 30.3 Å². The van der Waals surface area contributed by atoms with Crippen molar-refractivity contribution in [3.05, 3.63) is 35.9 Å². The number of benzene rings is 1. The Morgan fingerprint density at radius 1 is 1.40 bits per heavy atom. The van der Waals surface area contributed by atoms with Crippen LogP contribution in [-0.2, 0) is 6.42 Å². The lowest BCUT2D eigenvalue weighted by Crippen LogP contribution is -2.37. The molecule has 0 aromatic heterocycles. The second-order valence-corrected chi connectivity index (χ2v) is 3.14. The largest absolute Gasteiger partial charge is 0.465 e. The Bertz CT molecular complexity index is 293. The van der Waals surface area contributed by atoms with Gasteiger partial charge in [-0.3, -0.25) is 0 Å². The number of carbonyl (C=O) groups is 1. The molecule has 1 aromatic rings. The molecule has 0 aliphatic carbocycles. The summed E-state index contributed by atoms with van der Waals surface area (Å²) in [6, 6.07) is 9.58. The topological polar surface area (TPSA) is 75.3 Å². The molecule has 4 N–H and O–H groups in total. The maximum Gasteiger partial charge on any atom is 0.404 e. The van der Waals surface area contributed by atoms with E-state index >= 15 is 0 Å². The van der Waals surface area contributed by atoms with E-state index in [9.17, 15) is 4.79 Å². The smallest absolute Gasteiger partial charge is 0.404 e. The van der Waals surface area contributed by atoms with Gasteiger partial charge in [0.15, 0.2) is 0 Å². The average molecular weight is 231 g/mol. The Kier molecular flexibility index (Phi) is 6.49. The van der Waals surface area contributed by atoms with Gasteiger partial charge in [0.25, 0.3) is 0 Å². The Morgan fingerprint density at radius 3 is 2.53 bits per heavy atom. The van der Waals surface area contributed by atoms with E-state index in [4.69, 9.17) is 10.8 Å². The molecular formula is C10H15ClN2O2. The zero-order valence-electron chi connectivity index (χ0n) is 8.22. The van der Waals surface area contributed by atoms with E-state index in [0.29, 0.717) is 6.42 Å². The van der Waals surface area contributed by atoms with Gasteiger partial charge in [0, 0.05) is 12.6 Å². The number of rotatable bonds is 4. The molecule has 84 valence electrons. The van der Waals surface area contributed by atoms with Gasteiger partial charge < -0.3 is 16.2 Å². The first kappa shape index (κ1) is 13.7. The van der Waals surface area contributed by atoms with Crippen molar-refractivity contribution in [2.24, 2.45) is 5.73 Å². The molecule has 15 heavy (non-hydrogen) atoms. The number of nitrogens with two attached hydrogens (primary N) is 1. The number of carboxylic acid groups (broad SMARTS) is 1. The quantitative estimate of drug-likeness (QED) is 0.729. The van der Waals surface area contributed by atoms with Gasteiger partial charge in [-0.25, -0.2) is 4.79 Å². The summed E-state index contributed by atoms with van der Waals surface area (Å²) in [6.45, 7) is 0.282. The predicted octanol–water partition coefficient (Wildman–Crippen LogP) is 1.25. The van der Waals surface area contributed by atoms with E-state index in [1.54, 1.807) is 0 Å². The number of amides is 1. The van der Waals surface area contributed by atoms with Gasteiger partial charge in [-0.1, -0.05) is 30.3 Å². The summed E-state index contributed by atoms with van der Waals surface area (Å²) in [7, 11) is 0. The minimum atomic E-state index is -1.03. The average Bonchev–Trinajstić information content (AvgIpc) is 2.16. The first-order chi connectivity index (χ1) is 6.68. The maximum atomic E-state index is 10.2. The van der Waals surface area contributed by atoms with Crippen molar-refractivity contribution in [2.75, 3.05) is 6.54 Å². The lowest BCUT2D eigenvalue weighted by molar-refractivity contribution is 0.193. The Balaban J connectivity index is 0.00000196. The standard InChI is InChI=1S/C10H14N2O2.ClH/c11-9(7-12-10(13)14)6-8-4-2-1-3-5-8;/h1-5,9,12H,6-7,11H2,(H,13,14);1H/t9-;/m1./s1. The van der Waals surface area contributed by atoms with E-state index < -0.39 is 6.09 Å². The normalized spacial score (nSPS) is 11.3. The molecule has 0 fully saturated rings. The van der Waals surface area contributed by atoms with E-state index in [-0.39, 0.29) is 25.0 Å². The molecule has 0 aliphatic rings. The van der Waals surface area contributed by atoms with Gasteiger partial charge in [0.1, 0.15) is 0 Å². The van der Waals surface area contributed by atoms with Crippen molar-refractivity contribution < 1.29 is 9.90 Å². The van der Waals surface area contributed by atoms with Gasteiger partial charge in [0.2, 0.25) is 0 Å². The molecule has 1 aromatic carbocycles. The van der Waals surface area contributed by atoms with Crippen LogP contribution in [-0.4, -0.2) is 23.8 Å². The summed E-state index contributed by atoms with van der Waals surface area (Å²) >= 11 is 0. The minimum absolute atomic E-state index is 0. The van der Waals surface area contributed by atoms with E-state index in [1.807, 2.05) is 30.3 Å². The Hall–Kier alpha value is -1.26. The van der Waals surface area contributed by atoms with Crippen molar-refractivity contribution in [1.29, 1.82) is 0 Å². The molecule has 1 rings (SSSR count). The van der Waals surface area contributed by atoms with Crippen molar-refractivity contribution in [1.82, 2.24) is 5.32 Å². The maximum absolute atomic E-state index is 10.2. The van der Waals surface area contributed by atoms with Crippen LogP contribution in [0.25, 0.3) is 0 Å². The zero-order valence-corrected chi connectivity index (χ0v) is 9.04. The third-order valence-corrected chi connectivity index (χ3v) is 1.86. The molecule has 5 heteroatoms. The molecular weight excluding hydrogens is 216 g/mol. The molecule has 0 aliphatic heterocycles. The van der Waals surface area contributed by atoms with Crippen molar-refractivity contribution in [3.8, 4) is 0 Å². The fourth-order valence-electron chi connectivity index (χ4n) is 1.21. The van der Waals surface area contributed by atoms with Crippen LogP contribution in [0.3, 0.4) is 0 Å². The van der Waals surface area contributed by atoms with Gasteiger partial charge in [-0.15, -0.1) is 12.4 Å². The van der Waals surface area contributed by atoms with E-state index in [0.717, 1.165) is 5.56 Å². The zero-order chi connectivity index (χ0) is 10.4. The minimum Gasteiger partial charge on any atom is -0.465 e. The highest BCUT2D eigenvalue weighted by Crippen LogP contribution is 2.00. The van der Waals surface area contributed by atoms with Gasteiger partial charge in [0.05, 0.1) is 0 Å². The monoisotopic (exact) mass is 230 g/mol. The van der Waals surface area contributed by atoms with Crippen molar-refractivity contribution in [3.63, 3.8) is 0 Å². The molecule has 0 saturated heterocycles. The first-order valence-corrected chi connectivity index (χ1v) is 4.45. The fourth-order valence-corrected chi connectivity index (χ4v) is 1.21. The van der Waals surface area contributed by atoms with Gasteiger partial charge in [-0.05, 0) is 12.0 Å². The molecule has 0 spiro atoms. The summed E-state index contributed by atoms with van der Waals surface area (Å²) < 4.78 is 0. The lowest BCUT2D eigenvalue weighted by Gasteiger charge is -2.10. The molecule has 4 nitrogen and oxygen atoms in total. The number of hydrogen-bond donors (Lipinski definition) is 3. The molecule has 0 heterocycles. The summed E-state index contributed by atoms with van der Waals surface area (Å²) in [5.74, 6) is 0. The third-order valence-electron chi connectivity index (χ3n) is 1.86. The van der Waals surface area contributed by atoms with Crippen LogP contribution in [0.2, 0.25) is 0 Å². The molecule has 0 radical (unpaired) electrons. The van der Waals surface area contributed by atoms with Gasteiger partial charge in [-0.2, -0.15) is 0 Å². The Morgan fingerprint density at radius 2 is 2.00 bits per heavy atom. The lowest BCUT2D eigenvalue weighted by atomic mass is 10.1. The van der Waals surface area contributed by atoms with Crippen molar-refractivity contribution in [2.45, 2.75) is 12.5 Å². The first-order valence-electron chi connectivity index (χ1n) is 4.45. The van der Waals surface area contributed by atoms with Crippen LogP contribution in [0.4, 0.5) is 4.79 Å². The highest BCUT2D eigenvalue weighted by molar-refractivity contribution is 5.85. The van der Waals surface area contributed by atoms with Crippen molar-refractivity contribution >= 4 is 18.5 Å². The molecule has 0 saturated carbocycles. The summed E-state index contributed by atoms with van der Waals surface area (Å²) in [4.78, 5) is 10.2. The van der Waals surface area contributed by atoms with E-state index in [2.05, 4.69) is 5.32 Å². The second-order valence-electron chi connectivity index (χ2n) is 3.14. The summed E-state index contributed by atoms with van der Waals surface area (Å²) in [6.07, 6.45) is -0.352. The Labute approximate surface area is 94.9 Å². The number of hydrogen-bond acceptors (Lipinski definition) is 2. The SMILES string of the molecule is Cl.N[C@@H](CNC(=O)O)Cc1ccccc1. The molecule has 1 amide bonds. The number of nitrogens with one attached hydrogen (secondary N) is 1. The molecule has 0 unspecified atom stereocenters. The van der Waals surface area contributed by atoms with E-state index in [1.165, 1.54) is 0 Å². The summed E-state index contributed by atoms with van der Waals surface area (Å²) in [5.41, 5.74) is 6.85. The predicted molar refractivity (Wildman–Crippen MR) is 61.4 cm³/mol. The highest BCUT2D eigenvalue weighted by Gasteiger charge is 2.04.